The standard InChI is InChI=1S/C16H23NO7S/c1-16(2,3)23-15(20)17-10-11(9-14(18)19)12-7-5-6-8-13(12)24-25(4,21)22/h5-8,11H,9-10H2,1-4H3,(H,17,20)(H,18,19). The average molecular weight is 373 g/mol. The molecule has 1 unspecified atom stereocenters. The number of carbonyl (C=O) groups is 2. The third kappa shape index (κ3) is 8.39. The molecule has 2 N–H and O–H groups in total. The van der Waals surface area contributed by atoms with E-state index < -0.39 is 33.7 Å². The van der Waals surface area contributed by atoms with Crippen LogP contribution < -0.4 is 9.50 Å². The molecule has 1 amide bonds. The van der Waals surface area contributed by atoms with Crippen molar-refractivity contribution >= 4 is 22.2 Å². The van der Waals surface area contributed by atoms with Crippen LogP contribution in [0.15, 0.2) is 24.3 Å². The van der Waals surface area contributed by atoms with Crippen LogP contribution in [-0.4, -0.2) is 44.0 Å². The second-order valence-corrected chi connectivity index (χ2v) is 8.08. The molecule has 1 rings (SSSR count). The van der Waals surface area contributed by atoms with E-state index in [2.05, 4.69) is 5.32 Å². The van der Waals surface area contributed by atoms with Crippen LogP contribution in [0.2, 0.25) is 0 Å². The first kappa shape index (κ1) is 20.8. The van der Waals surface area contributed by atoms with Gasteiger partial charge in [0, 0.05) is 18.0 Å². The summed E-state index contributed by atoms with van der Waals surface area (Å²) in [6.07, 6.45) is -0.112. The molecule has 140 valence electrons. The normalized spacial score (nSPS) is 13.0. The Kier molecular flexibility index (Phi) is 6.80. The van der Waals surface area contributed by atoms with E-state index in [4.69, 9.17) is 14.0 Å². The molecule has 9 heteroatoms. The van der Waals surface area contributed by atoms with Gasteiger partial charge in [0.15, 0.2) is 0 Å². The van der Waals surface area contributed by atoms with Crippen molar-refractivity contribution in [3.8, 4) is 5.75 Å². The molecule has 1 aromatic rings. The molecular weight excluding hydrogens is 350 g/mol. The van der Waals surface area contributed by atoms with Gasteiger partial charge in [0.1, 0.15) is 11.4 Å². The monoisotopic (exact) mass is 373 g/mol. The minimum atomic E-state index is -3.78. The maximum absolute atomic E-state index is 11.8. The first-order valence-electron chi connectivity index (χ1n) is 7.54. The maximum atomic E-state index is 11.8. The van der Waals surface area contributed by atoms with Crippen LogP contribution in [0.5, 0.6) is 5.75 Å². The van der Waals surface area contributed by atoms with Gasteiger partial charge in [-0.05, 0) is 26.8 Å². The molecule has 0 saturated heterocycles. The quantitative estimate of drug-likeness (QED) is 0.703. The van der Waals surface area contributed by atoms with Gasteiger partial charge in [-0.15, -0.1) is 0 Å². The molecule has 0 saturated carbocycles. The van der Waals surface area contributed by atoms with Gasteiger partial charge in [0.2, 0.25) is 0 Å². The van der Waals surface area contributed by atoms with Crippen LogP contribution in [0.1, 0.15) is 38.7 Å². The number of ether oxygens (including phenoxy) is 1. The van der Waals surface area contributed by atoms with Crippen molar-refractivity contribution in [2.75, 3.05) is 12.8 Å². The van der Waals surface area contributed by atoms with E-state index >= 15 is 0 Å². The van der Waals surface area contributed by atoms with E-state index in [1.54, 1.807) is 39.0 Å². The van der Waals surface area contributed by atoms with Gasteiger partial charge in [-0.25, -0.2) is 4.79 Å². The molecule has 0 aliphatic heterocycles. The van der Waals surface area contributed by atoms with Crippen LogP contribution in [0.3, 0.4) is 0 Å². The molecule has 0 aromatic heterocycles. The molecule has 0 heterocycles. The zero-order valence-corrected chi connectivity index (χ0v) is 15.4. The van der Waals surface area contributed by atoms with Crippen LogP contribution in [0.25, 0.3) is 0 Å². The number of nitrogens with one attached hydrogen (secondary N) is 1. The van der Waals surface area contributed by atoms with Gasteiger partial charge in [0.05, 0.1) is 12.7 Å². The SMILES string of the molecule is CC(C)(C)OC(=O)NCC(CC(=O)O)c1ccccc1OS(C)(=O)=O. The van der Waals surface area contributed by atoms with Gasteiger partial charge in [-0.3, -0.25) is 4.79 Å². The minimum absolute atomic E-state index is 0.0299. The van der Waals surface area contributed by atoms with E-state index in [9.17, 15) is 18.0 Å². The summed E-state index contributed by atoms with van der Waals surface area (Å²) < 4.78 is 32.8. The number of amides is 1. The van der Waals surface area contributed by atoms with Gasteiger partial charge >= 0.3 is 22.2 Å². The molecule has 0 aliphatic carbocycles. The number of carboxylic acid groups (broad SMARTS) is 1. The molecule has 1 aromatic carbocycles. The first-order chi connectivity index (χ1) is 11.4. The summed E-state index contributed by atoms with van der Waals surface area (Å²) in [6, 6.07) is 6.19. The van der Waals surface area contributed by atoms with Crippen molar-refractivity contribution in [1.82, 2.24) is 5.32 Å². The van der Waals surface area contributed by atoms with Crippen molar-refractivity contribution in [3.63, 3.8) is 0 Å². The fourth-order valence-corrected chi connectivity index (χ4v) is 2.56. The Morgan fingerprint density at radius 3 is 2.36 bits per heavy atom. The number of aliphatic carboxylic acids is 1. The molecule has 0 radical (unpaired) electrons. The highest BCUT2D eigenvalue weighted by atomic mass is 32.2. The van der Waals surface area contributed by atoms with Crippen molar-refractivity contribution in [1.29, 1.82) is 0 Å². The Morgan fingerprint density at radius 1 is 1.24 bits per heavy atom. The Balaban J connectivity index is 3.00. The first-order valence-corrected chi connectivity index (χ1v) is 9.36. The fraction of sp³-hybridized carbons (Fsp3) is 0.500. The Bertz CT molecular complexity index is 722. The predicted molar refractivity (Wildman–Crippen MR) is 91.1 cm³/mol. The summed E-state index contributed by atoms with van der Waals surface area (Å²) in [7, 11) is -3.78. The van der Waals surface area contributed by atoms with Crippen LogP contribution in [0, 0.1) is 0 Å². The fourth-order valence-electron chi connectivity index (χ4n) is 2.08. The summed E-state index contributed by atoms with van der Waals surface area (Å²) in [5.74, 6) is -1.75. The smallest absolute Gasteiger partial charge is 0.407 e. The molecule has 0 aliphatic rings. The Labute approximate surface area is 147 Å². The number of rotatable bonds is 7. The minimum Gasteiger partial charge on any atom is -0.481 e. The average Bonchev–Trinajstić information content (AvgIpc) is 2.40. The second-order valence-electron chi connectivity index (χ2n) is 6.50. The van der Waals surface area contributed by atoms with Crippen LogP contribution >= 0.6 is 0 Å². The summed E-state index contributed by atoms with van der Waals surface area (Å²) in [4.78, 5) is 22.9. The van der Waals surface area contributed by atoms with Crippen molar-refractivity contribution < 1.29 is 32.0 Å². The van der Waals surface area contributed by atoms with Crippen molar-refractivity contribution in [2.45, 2.75) is 38.7 Å². The van der Waals surface area contributed by atoms with Crippen molar-refractivity contribution in [3.05, 3.63) is 29.8 Å². The van der Waals surface area contributed by atoms with E-state index in [1.807, 2.05) is 0 Å². The third-order valence-corrected chi connectivity index (χ3v) is 3.40. The molecule has 8 nitrogen and oxygen atoms in total. The predicted octanol–water partition coefficient (Wildman–Crippen LogP) is 2.11. The zero-order valence-electron chi connectivity index (χ0n) is 14.6. The topological polar surface area (TPSA) is 119 Å². The largest absolute Gasteiger partial charge is 0.481 e. The molecule has 0 spiro atoms. The number of benzene rings is 1. The number of hydrogen-bond acceptors (Lipinski definition) is 6. The lowest BCUT2D eigenvalue weighted by molar-refractivity contribution is -0.137. The van der Waals surface area contributed by atoms with Gasteiger partial charge in [-0.1, -0.05) is 18.2 Å². The maximum Gasteiger partial charge on any atom is 0.407 e. The number of alkyl carbamates (subject to hydrolysis) is 1. The molecular formula is C16H23NO7S. The molecule has 0 fully saturated rings. The van der Waals surface area contributed by atoms with E-state index in [0.717, 1.165) is 6.26 Å². The Morgan fingerprint density at radius 2 is 1.84 bits per heavy atom. The van der Waals surface area contributed by atoms with Gasteiger partial charge in [0.25, 0.3) is 0 Å². The highest BCUT2D eigenvalue weighted by Gasteiger charge is 2.23. The third-order valence-electron chi connectivity index (χ3n) is 2.91. The lowest BCUT2D eigenvalue weighted by Crippen LogP contribution is -2.35. The van der Waals surface area contributed by atoms with Crippen LogP contribution in [-0.2, 0) is 19.6 Å². The highest BCUT2D eigenvalue weighted by Crippen LogP contribution is 2.29. The van der Waals surface area contributed by atoms with E-state index in [1.165, 1.54) is 6.07 Å². The number of carboxylic acids is 1. The van der Waals surface area contributed by atoms with Gasteiger partial charge in [-0.2, -0.15) is 8.42 Å². The summed E-state index contributed by atoms with van der Waals surface area (Å²) in [5.41, 5.74) is -0.324. The van der Waals surface area contributed by atoms with E-state index in [-0.39, 0.29) is 18.7 Å². The molecule has 25 heavy (non-hydrogen) atoms. The van der Waals surface area contributed by atoms with Crippen molar-refractivity contribution in [2.24, 2.45) is 0 Å². The number of carbonyl (C=O) groups excluding carboxylic acids is 1. The van der Waals surface area contributed by atoms with E-state index in [0.29, 0.717) is 5.56 Å². The lowest BCUT2D eigenvalue weighted by Gasteiger charge is -2.22. The number of hydrogen-bond donors (Lipinski definition) is 2. The Hall–Kier alpha value is -2.29. The number of para-hydroxylation sites is 1. The summed E-state index contributed by atoms with van der Waals surface area (Å²) in [6.45, 7) is 5.06. The van der Waals surface area contributed by atoms with Crippen LogP contribution in [0.4, 0.5) is 4.79 Å². The highest BCUT2D eigenvalue weighted by molar-refractivity contribution is 7.86. The van der Waals surface area contributed by atoms with Gasteiger partial charge < -0.3 is 19.3 Å². The molecule has 0 bridgehead atoms. The zero-order chi connectivity index (χ0) is 19.3. The summed E-state index contributed by atoms with van der Waals surface area (Å²) >= 11 is 0. The second kappa shape index (κ2) is 8.19. The lowest BCUT2D eigenvalue weighted by atomic mass is 9.95. The molecule has 1 atom stereocenters. The summed E-state index contributed by atoms with van der Waals surface area (Å²) in [5, 5.41) is 11.6.